The van der Waals surface area contributed by atoms with Crippen molar-refractivity contribution in [3.8, 4) is 5.75 Å². The molecular formula is C20H30N6O. The second-order valence-corrected chi connectivity index (χ2v) is 6.14. The summed E-state index contributed by atoms with van der Waals surface area (Å²) in [5.74, 6) is 0.830. The summed E-state index contributed by atoms with van der Waals surface area (Å²) >= 11 is 0. The Morgan fingerprint density at radius 3 is 2.22 bits per heavy atom. The average molecular weight is 371 g/mol. The minimum absolute atomic E-state index is 0.209. The molecule has 0 amide bonds. The van der Waals surface area contributed by atoms with Crippen molar-refractivity contribution in [3.63, 3.8) is 0 Å². The van der Waals surface area contributed by atoms with Crippen molar-refractivity contribution >= 4 is 11.4 Å². The Bertz CT molecular complexity index is 726. The summed E-state index contributed by atoms with van der Waals surface area (Å²) in [6.07, 6.45) is 0. The first-order valence-electron chi connectivity index (χ1n) is 8.96. The average Bonchev–Trinajstić information content (AvgIpc) is 2.64. The van der Waals surface area contributed by atoms with E-state index in [-0.39, 0.29) is 6.04 Å². The minimum atomic E-state index is 0.209. The van der Waals surface area contributed by atoms with E-state index in [0.29, 0.717) is 6.54 Å². The van der Waals surface area contributed by atoms with Gasteiger partial charge in [-0.25, -0.2) is 0 Å². The molecule has 0 heterocycles. The molecule has 7 heteroatoms. The van der Waals surface area contributed by atoms with E-state index in [4.69, 9.17) is 4.74 Å². The van der Waals surface area contributed by atoms with Gasteiger partial charge in [-0.05, 0) is 70.5 Å². The maximum atomic E-state index is 5.03. The van der Waals surface area contributed by atoms with Crippen LogP contribution in [-0.2, 0) is 0 Å². The van der Waals surface area contributed by atoms with E-state index in [2.05, 4.69) is 57.5 Å². The highest BCUT2D eigenvalue weighted by molar-refractivity contribution is 5.51. The number of hydrogen-bond acceptors (Lipinski definition) is 5. The smallest absolute Gasteiger partial charge is 0.119 e. The first-order chi connectivity index (χ1) is 13.0. The van der Waals surface area contributed by atoms with Gasteiger partial charge in [0.2, 0.25) is 0 Å². The van der Waals surface area contributed by atoms with Crippen LogP contribution in [0.5, 0.6) is 5.75 Å². The number of ether oxygens (including phenoxy) is 1. The molecule has 0 atom stereocenters. The molecule has 2 N–H and O–H groups in total. The number of anilines is 2. The van der Waals surface area contributed by atoms with E-state index in [0.717, 1.165) is 17.1 Å². The van der Waals surface area contributed by atoms with Crippen molar-refractivity contribution in [2.75, 3.05) is 24.5 Å². The molecule has 0 saturated carbocycles. The van der Waals surface area contributed by atoms with Crippen molar-refractivity contribution < 1.29 is 4.74 Å². The van der Waals surface area contributed by atoms with Crippen LogP contribution in [-0.4, -0.2) is 19.7 Å². The van der Waals surface area contributed by atoms with Crippen molar-refractivity contribution in [1.82, 2.24) is 0 Å². The lowest BCUT2D eigenvalue weighted by Crippen LogP contribution is -1.91. The van der Waals surface area contributed by atoms with Crippen molar-refractivity contribution in [2.45, 2.75) is 40.7 Å². The van der Waals surface area contributed by atoms with Crippen LogP contribution in [0.15, 0.2) is 63.1 Å². The molecular weight excluding hydrogens is 340 g/mol. The lowest BCUT2D eigenvalue weighted by atomic mass is 10.1. The molecule has 2 rings (SSSR count). The monoisotopic (exact) mass is 370 g/mol. The Balaban J connectivity index is 0.000000271. The molecule has 0 aliphatic heterocycles. The fraction of sp³-hybridized carbons (Fsp3) is 0.400. The summed E-state index contributed by atoms with van der Waals surface area (Å²) in [7, 11) is 1.64. The van der Waals surface area contributed by atoms with Crippen LogP contribution in [0.2, 0.25) is 0 Å². The molecule has 0 radical (unpaired) electrons. The number of methoxy groups -OCH3 is 1. The topological polar surface area (TPSA) is 82.7 Å². The molecule has 146 valence electrons. The van der Waals surface area contributed by atoms with Gasteiger partial charge in [0.1, 0.15) is 5.75 Å². The van der Waals surface area contributed by atoms with E-state index in [1.54, 1.807) is 7.11 Å². The second kappa shape index (κ2) is 12.4. The predicted molar refractivity (Wildman–Crippen MR) is 112 cm³/mol. The minimum Gasteiger partial charge on any atom is -0.497 e. The zero-order valence-electron chi connectivity index (χ0n) is 17.0. The van der Waals surface area contributed by atoms with E-state index < -0.39 is 0 Å². The first kappa shape index (κ1) is 22.1. The Morgan fingerprint density at radius 2 is 1.67 bits per heavy atom. The summed E-state index contributed by atoms with van der Waals surface area (Å²) in [5, 5.41) is 15.4. The van der Waals surface area contributed by atoms with Gasteiger partial charge in [0.05, 0.1) is 31.1 Å². The number of nitrogens with zero attached hydrogens (tertiary/aromatic N) is 4. The van der Waals surface area contributed by atoms with Gasteiger partial charge in [0.25, 0.3) is 0 Å². The van der Waals surface area contributed by atoms with E-state index in [9.17, 15) is 0 Å². The second-order valence-electron chi connectivity index (χ2n) is 6.14. The van der Waals surface area contributed by atoms with Crippen LogP contribution in [0.3, 0.4) is 0 Å². The highest BCUT2D eigenvalue weighted by Crippen LogP contribution is 2.16. The largest absolute Gasteiger partial charge is 0.497 e. The zero-order chi connectivity index (χ0) is 20.1. The molecule has 0 fully saturated rings. The molecule has 0 bridgehead atoms. The van der Waals surface area contributed by atoms with Crippen LogP contribution in [0.25, 0.3) is 0 Å². The van der Waals surface area contributed by atoms with E-state index in [1.807, 2.05) is 51.1 Å². The summed E-state index contributed by atoms with van der Waals surface area (Å²) in [6, 6.07) is 13.9. The fourth-order valence-corrected chi connectivity index (χ4v) is 1.97. The number of hydrogen-bond donors (Lipinski definition) is 2. The summed E-state index contributed by atoms with van der Waals surface area (Å²) in [5.41, 5.74) is 10.1. The molecule has 0 spiro atoms. The Morgan fingerprint density at radius 1 is 0.963 bits per heavy atom. The van der Waals surface area contributed by atoms with Crippen molar-refractivity contribution in [2.24, 2.45) is 20.7 Å². The normalized spacial score (nSPS) is 10.8. The Labute approximate surface area is 161 Å². The van der Waals surface area contributed by atoms with Crippen LogP contribution in [0.1, 0.15) is 31.9 Å². The number of rotatable bonds is 7. The molecule has 0 saturated heterocycles. The number of aryl methyl sites for hydroxylation is 2. The lowest BCUT2D eigenvalue weighted by Gasteiger charge is -2.04. The fourth-order valence-electron chi connectivity index (χ4n) is 1.97. The molecule has 0 unspecified atom stereocenters. The summed E-state index contributed by atoms with van der Waals surface area (Å²) < 4.78 is 5.03. The van der Waals surface area contributed by atoms with Crippen LogP contribution < -0.4 is 15.6 Å². The van der Waals surface area contributed by atoms with Gasteiger partial charge in [0.15, 0.2) is 0 Å². The zero-order valence-corrected chi connectivity index (χ0v) is 17.0. The molecule has 2 aromatic rings. The Hall–Kier alpha value is -2.96. The van der Waals surface area contributed by atoms with Gasteiger partial charge in [-0.1, -0.05) is 28.1 Å². The highest BCUT2D eigenvalue weighted by Gasteiger charge is 1.95. The molecule has 2 aromatic carbocycles. The third kappa shape index (κ3) is 9.34. The molecule has 0 aliphatic rings. The Kier molecular flexibility index (Phi) is 10.1. The van der Waals surface area contributed by atoms with Gasteiger partial charge >= 0.3 is 0 Å². The maximum absolute atomic E-state index is 5.03. The predicted octanol–water partition coefficient (Wildman–Crippen LogP) is 5.99. The van der Waals surface area contributed by atoms with Crippen LogP contribution in [0, 0.1) is 13.8 Å². The first-order valence-corrected chi connectivity index (χ1v) is 8.96. The quantitative estimate of drug-likeness (QED) is 0.464. The maximum Gasteiger partial charge on any atom is 0.119 e. The molecule has 27 heavy (non-hydrogen) atoms. The van der Waals surface area contributed by atoms with Gasteiger partial charge in [-0.15, -0.1) is 0 Å². The third-order valence-electron chi connectivity index (χ3n) is 3.32. The van der Waals surface area contributed by atoms with E-state index >= 15 is 0 Å². The van der Waals surface area contributed by atoms with E-state index in [1.165, 1.54) is 11.1 Å². The molecule has 0 aliphatic carbocycles. The summed E-state index contributed by atoms with van der Waals surface area (Å²) in [6.45, 7) is 10.7. The molecule has 0 aromatic heterocycles. The van der Waals surface area contributed by atoms with Gasteiger partial charge in [0, 0.05) is 0 Å². The van der Waals surface area contributed by atoms with Gasteiger partial charge in [-0.3, -0.25) is 10.9 Å². The summed E-state index contributed by atoms with van der Waals surface area (Å²) in [4.78, 5) is 0. The number of benzene rings is 2. The molecule has 7 nitrogen and oxygen atoms in total. The highest BCUT2D eigenvalue weighted by atomic mass is 16.5. The number of nitrogens with one attached hydrogen (secondary N) is 2. The standard InChI is InChI=1S/C10H15N3O.C10H15N3/c1-8(2)11-13-12-9-4-6-10(14-3)7-5-9;1-4-11-13-12-10-6-5-8(2)7-9(10)3/h4-8H,1-3H3,(H,11,12);5-7H,4H2,1-3H3,(H,11,12). The van der Waals surface area contributed by atoms with Gasteiger partial charge in [-0.2, -0.15) is 10.2 Å². The lowest BCUT2D eigenvalue weighted by molar-refractivity contribution is 0.415. The third-order valence-corrected chi connectivity index (χ3v) is 3.32. The van der Waals surface area contributed by atoms with Crippen molar-refractivity contribution in [1.29, 1.82) is 0 Å². The van der Waals surface area contributed by atoms with Crippen molar-refractivity contribution in [3.05, 3.63) is 53.6 Å². The van der Waals surface area contributed by atoms with Crippen LogP contribution >= 0.6 is 0 Å². The van der Waals surface area contributed by atoms with Gasteiger partial charge < -0.3 is 4.74 Å². The van der Waals surface area contributed by atoms with Crippen LogP contribution in [0.4, 0.5) is 11.4 Å². The SMILES string of the molecule is CCN=NNc1ccc(C)cc1C.COc1ccc(NN=NC(C)C)cc1.